The number of carbonyl (C=O) groups excluding carboxylic acids is 1. The van der Waals surface area contributed by atoms with Crippen molar-refractivity contribution in [1.82, 2.24) is 15.0 Å². The van der Waals surface area contributed by atoms with Crippen molar-refractivity contribution in [2.24, 2.45) is 7.05 Å². The number of hydrogen-bond acceptors (Lipinski definition) is 4. The highest BCUT2D eigenvalue weighted by molar-refractivity contribution is 5.98. The van der Waals surface area contributed by atoms with Crippen LogP contribution in [0, 0.1) is 0 Å². The number of hydrogen-bond donors (Lipinski definition) is 0. The third-order valence-corrected chi connectivity index (χ3v) is 3.20. The highest BCUT2D eigenvalue weighted by Gasteiger charge is 2.29. The number of aryl methyl sites for hydroxylation is 1. The van der Waals surface area contributed by atoms with Crippen molar-refractivity contribution in [2.75, 3.05) is 6.61 Å². The lowest BCUT2D eigenvalue weighted by molar-refractivity contribution is 0.0341. The lowest BCUT2D eigenvalue weighted by Gasteiger charge is -2.24. The molecule has 0 spiro atoms. The van der Waals surface area contributed by atoms with Gasteiger partial charge < -0.3 is 4.74 Å². The zero-order chi connectivity index (χ0) is 12.5. The number of fused-ring (bicyclic) bond motifs is 1. The van der Waals surface area contributed by atoms with Crippen LogP contribution in [-0.4, -0.2) is 27.4 Å². The molecule has 0 saturated heterocycles. The van der Waals surface area contributed by atoms with Crippen LogP contribution in [0.1, 0.15) is 27.7 Å². The minimum absolute atomic E-state index is 0.0883. The Morgan fingerprint density at radius 2 is 2.28 bits per heavy atom. The highest BCUT2D eigenvalue weighted by Crippen LogP contribution is 2.29. The maximum absolute atomic E-state index is 12.4. The molecule has 92 valence electrons. The van der Waals surface area contributed by atoms with Crippen LogP contribution in [-0.2, 0) is 18.2 Å². The van der Waals surface area contributed by atoms with Gasteiger partial charge in [-0.05, 0) is 17.5 Å². The molecule has 1 aromatic heterocycles. The molecule has 0 N–H and O–H groups in total. The van der Waals surface area contributed by atoms with Crippen LogP contribution in [0.4, 0.5) is 0 Å². The number of ketones is 1. The summed E-state index contributed by atoms with van der Waals surface area (Å²) in [5.74, 6) is -0.0883. The van der Waals surface area contributed by atoms with Crippen LogP contribution in [0.3, 0.4) is 0 Å². The smallest absolute Gasteiger partial charge is 0.215 e. The molecule has 1 aliphatic rings. The highest BCUT2D eigenvalue weighted by atomic mass is 16.5. The number of rotatable bonds is 2. The average molecular weight is 243 g/mol. The molecule has 1 aliphatic heterocycles. The van der Waals surface area contributed by atoms with Crippen LogP contribution in [0.15, 0.2) is 30.5 Å². The lowest BCUT2D eigenvalue weighted by Crippen LogP contribution is -2.25. The van der Waals surface area contributed by atoms with Gasteiger partial charge in [-0.25, -0.2) is 4.68 Å². The van der Waals surface area contributed by atoms with E-state index in [2.05, 4.69) is 10.3 Å². The number of aromatic nitrogens is 3. The van der Waals surface area contributed by atoms with Gasteiger partial charge in [0.1, 0.15) is 11.8 Å². The van der Waals surface area contributed by atoms with Crippen molar-refractivity contribution in [3.05, 3.63) is 47.3 Å². The molecule has 0 fully saturated rings. The van der Waals surface area contributed by atoms with E-state index in [1.54, 1.807) is 7.05 Å². The second kappa shape index (κ2) is 4.34. The maximum Gasteiger partial charge on any atom is 0.215 e. The van der Waals surface area contributed by atoms with Crippen LogP contribution < -0.4 is 0 Å². The molecule has 1 unspecified atom stereocenters. The van der Waals surface area contributed by atoms with Crippen LogP contribution in [0.5, 0.6) is 0 Å². The summed E-state index contributed by atoms with van der Waals surface area (Å²) in [6.45, 7) is 0.568. The Hall–Kier alpha value is -2.01. The molecular weight excluding hydrogens is 230 g/mol. The second-order valence-electron chi connectivity index (χ2n) is 4.31. The molecule has 5 nitrogen and oxygen atoms in total. The summed E-state index contributed by atoms with van der Waals surface area (Å²) in [6.07, 6.45) is 1.79. The molecule has 2 heterocycles. The predicted molar refractivity (Wildman–Crippen MR) is 64.2 cm³/mol. The number of Topliss-reactive ketones (excluding diaryl/α,β-unsaturated/α-hetero) is 1. The fourth-order valence-corrected chi connectivity index (χ4v) is 2.26. The summed E-state index contributed by atoms with van der Waals surface area (Å²) >= 11 is 0. The fraction of sp³-hybridized carbons (Fsp3) is 0.308. The molecule has 0 bridgehead atoms. The quantitative estimate of drug-likeness (QED) is 0.746. The standard InChI is InChI=1S/C13H13N3O2/c1-16-11(8-14-15-16)12(17)13-10-5-3-2-4-9(10)6-7-18-13/h2-5,8,13H,6-7H2,1H3. The summed E-state index contributed by atoms with van der Waals surface area (Å²) in [6, 6.07) is 7.90. The lowest BCUT2D eigenvalue weighted by atomic mass is 9.94. The topological polar surface area (TPSA) is 57.0 Å². The molecule has 5 heteroatoms. The van der Waals surface area contributed by atoms with Gasteiger partial charge >= 0.3 is 0 Å². The van der Waals surface area contributed by atoms with E-state index in [0.717, 1.165) is 12.0 Å². The molecule has 0 aliphatic carbocycles. The average Bonchev–Trinajstić information content (AvgIpc) is 2.83. The van der Waals surface area contributed by atoms with E-state index in [-0.39, 0.29) is 5.78 Å². The molecule has 1 aromatic carbocycles. The van der Waals surface area contributed by atoms with Crippen molar-refractivity contribution < 1.29 is 9.53 Å². The second-order valence-corrected chi connectivity index (χ2v) is 4.31. The van der Waals surface area contributed by atoms with Gasteiger partial charge in [0.25, 0.3) is 0 Å². The van der Waals surface area contributed by atoms with Gasteiger partial charge in [0.15, 0.2) is 0 Å². The van der Waals surface area contributed by atoms with Gasteiger partial charge in [-0.3, -0.25) is 4.79 Å². The monoisotopic (exact) mass is 243 g/mol. The summed E-state index contributed by atoms with van der Waals surface area (Å²) in [5, 5.41) is 7.51. The Balaban J connectivity index is 2.00. The normalized spacial score (nSPS) is 18.4. The molecule has 0 amide bonds. The molecule has 0 saturated carbocycles. The van der Waals surface area contributed by atoms with Crippen LogP contribution >= 0.6 is 0 Å². The van der Waals surface area contributed by atoms with Crippen molar-refractivity contribution in [3.63, 3.8) is 0 Å². The fourth-order valence-electron chi connectivity index (χ4n) is 2.26. The summed E-state index contributed by atoms with van der Waals surface area (Å²) in [4.78, 5) is 12.4. The SMILES string of the molecule is Cn1nncc1C(=O)C1OCCc2ccccc21. The number of benzene rings is 1. The van der Waals surface area contributed by atoms with Gasteiger partial charge in [0.05, 0.1) is 12.8 Å². The van der Waals surface area contributed by atoms with Crippen molar-refractivity contribution in [1.29, 1.82) is 0 Å². The Labute approximate surface area is 104 Å². The zero-order valence-corrected chi connectivity index (χ0v) is 10.0. The van der Waals surface area contributed by atoms with Gasteiger partial charge in [0, 0.05) is 7.05 Å². The number of carbonyl (C=O) groups is 1. The van der Waals surface area contributed by atoms with Crippen molar-refractivity contribution >= 4 is 5.78 Å². The van der Waals surface area contributed by atoms with E-state index >= 15 is 0 Å². The summed E-state index contributed by atoms with van der Waals surface area (Å²) in [7, 11) is 1.70. The summed E-state index contributed by atoms with van der Waals surface area (Å²) < 4.78 is 7.10. The van der Waals surface area contributed by atoms with E-state index in [1.165, 1.54) is 16.4 Å². The maximum atomic E-state index is 12.4. The van der Waals surface area contributed by atoms with Gasteiger partial charge in [0.2, 0.25) is 5.78 Å². The van der Waals surface area contributed by atoms with Crippen molar-refractivity contribution in [3.8, 4) is 0 Å². The van der Waals surface area contributed by atoms with Crippen LogP contribution in [0.25, 0.3) is 0 Å². The number of nitrogens with zero attached hydrogens (tertiary/aromatic N) is 3. The third kappa shape index (κ3) is 1.73. The first kappa shape index (κ1) is 11.1. The van der Waals surface area contributed by atoms with E-state index in [9.17, 15) is 4.79 Å². The minimum Gasteiger partial charge on any atom is -0.365 e. The zero-order valence-electron chi connectivity index (χ0n) is 10.0. The van der Waals surface area contributed by atoms with E-state index in [0.29, 0.717) is 12.3 Å². The molecule has 0 radical (unpaired) electrons. The van der Waals surface area contributed by atoms with E-state index < -0.39 is 6.10 Å². The minimum atomic E-state index is -0.535. The van der Waals surface area contributed by atoms with Gasteiger partial charge in [-0.1, -0.05) is 29.5 Å². The predicted octanol–water partition coefficient (Wildman–Crippen LogP) is 1.31. The van der Waals surface area contributed by atoms with E-state index in [4.69, 9.17) is 4.74 Å². The molecule has 3 rings (SSSR count). The Morgan fingerprint density at radius 1 is 1.44 bits per heavy atom. The van der Waals surface area contributed by atoms with Crippen LogP contribution in [0.2, 0.25) is 0 Å². The molecule has 1 atom stereocenters. The Bertz CT molecular complexity index is 591. The molecule has 2 aromatic rings. The first-order chi connectivity index (χ1) is 8.77. The third-order valence-electron chi connectivity index (χ3n) is 3.20. The summed E-state index contributed by atoms with van der Waals surface area (Å²) in [5.41, 5.74) is 2.60. The van der Waals surface area contributed by atoms with Crippen molar-refractivity contribution in [2.45, 2.75) is 12.5 Å². The first-order valence-corrected chi connectivity index (χ1v) is 5.85. The van der Waals surface area contributed by atoms with E-state index in [1.807, 2.05) is 24.3 Å². The number of ether oxygens (including phenoxy) is 1. The Kier molecular flexibility index (Phi) is 2.68. The Morgan fingerprint density at radius 3 is 3.06 bits per heavy atom. The largest absolute Gasteiger partial charge is 0.365 e. The molecule has 18 heavy (non-hydrogen) atoms. The first-order valence-electron chi connectivity index (χ1n) is 5.85. The van der Waals surface area contributed by atoms with Gasteiger partial charge in [-0.15, -0.1) is 5.10 Å². The van der Waals surface area contributed by atoms with Gasteiger partial charge in [-0.2, -0.15) is 0 Å². The molecular formula is C13H13N3O2.